The Balaban J connectivity index is 1.15. The number of carbonyl (C=O) groups is 2. The monoisotopic (exact) mass is 545 g/mol. The Morgan fingerprint density at radius 2 is 1.39 bits per heavy atom. The molecule has 8 nitrogen and oxygen atoms in total. The molecule has 5 rings (SSSR count). The highest BCUT2D eigenvalue weighted by Gasteiger charge is 2.08. The number of benzene rings is 4. The SMILES string of the molecule is COC(=O)c1ccc(COc2ccccc2/C=N/NC(=O)c2ccc(COc3cccc4cccnc34)cc2)cc1. The van der Waals surface area contributed by atoms with Gasteiger partial charge in [0.1, 0.15) is 30.2 Å². The molecule has 0 saturated heterocycles. The van der Waals surface area contributed by atoms with E-state index in [4.69, 9.17) is 14.2 Å². The molecule has 41 heavy (non-hydrogen) atoms. The topological polar surface area (TPSA) is 99.1 Å². The number of fused-ring (bicyclic) bond motifs is 1. The highest BCUT2D eigenvalue weighted by Crippen LogP contribution is 2.24. The summed E-state index contributed by atoms with van der Waals surface area (Å²) in [5.74, 6) is 0.588. The summed E-state index contributed by atoms with van der Waals surface area (Å²) in [4.78, 5) is 28.7. The molecular weight excluding hydrogens is 518 g/mol. The summed E-state index contributed by atoms with van der Waals surface area (Å²) in [6.07, 6.45) is 3.28. The molecule has 1 N–H and O–H groups in total. The van der Waals surface area contributed by atoms with Crippen LogP contribution in [0.5, 0.6) is 11.5 Å². The fourth-order valence-electron chi connectivity index (χ4n) is 4.07. The molecular formula is C33H27N3O5. The third-order valence-electron chi connectivity index (χ3n) is 6.26. The number of aromatic nitrogens is 1. The molecule has 0 fully saturated rings. The van der Waals surface area contributed by atoms with Crippen molar-refractivity contribution in [3.8, 4) is 11.5 Å². The van der Waals surface area contributed by atoms with E-state index in [1.54, 1.807) is 42.6 Å². The summed E-state index contributed by atoms with van der Waals surface area (Å²) in [5, 5.41) is 5.13. The normalized spacial score (nSPS) is 10.9. The number of esters is 1. The van der Waals surface area contributed by atoms with E-state index in [0.29, 0.717) is 41.4 Å². The lowest BCUT2D eigenvalue weighted by atomic mass is 10.1. The zero-order valence-corrected chi connectivity index (χ0v) is 22.3. The van der Waals surface area contributed by atoms with E-state index < -0.39 is 0 Å². The van der Waals surface area contributed by atoms with Crippen molar-refractivity contribution in [3.05, 3.63) is 137 Å². The lowest BCUT2D eigenvalue weighted by Gasteiger charge is -2.10. The van der Waals surface area contributed by atoms with Crippen LogP contribution < -0.4 is 14.9 Å². The van der Waals surface area contributed by atoms with Gasteiger partial charge in [0.2, 0.25) is 0 Å². The van der Waals surface area contributed by atoms with Gasteiger partial charge in [-0.1, -0.05) is 54.6 Å². The molecule has 0 saturated carbocycles. The summed E-state index contributed by atoms with van der Waals surface area (Å²) >= 11 is 0. The summed E-state index contributed by atoms with van der Waals surface area (Å²) < 4.78 is 16.7. The Morgan fingerprint density at radius 1 is 0.756 bits per heavy atom. The van der Waals surface area contributed by atoms with Crippen LogP contribution in [0.2, 0.25) is 0 Å². The van der Waals surface area contributed by atoms with Gasteiger partial charge >= 0.3 is 5.97 Å². The first-order valence-electron chi connectivity index (χ1n) is 12.9. The van der Waals surface area contributed by atoms with Gasteiger partial charge in [-0.3, -0.25) is 9.78 Å². The van der Waals surface area contributed by atoms with Crippen LogP contribution in [-0.4, -0.2) is 30.2 Å². The average molecular weight is 546 g/mol. The maximum absolute atomic E-state index is 12.6. The highest BCUT2D eigenvalue weighted by molar-refractivity contribution is 5.95. The molecule has 8 heteroatoms. The molecule has 0 aliphatic rings. The minimum Gasteiger partial charge on any atom is -0.488 e. The zero-order chi connectivity index (χ0) is 28.4. The molecule has 1 amide bonds. The quantitative estimate of drug-likeness (QED) is 0.132. The number of amides is 1. The lowest BCUT2D eigenvalue weighted by Crippen LogP contribution is -2.17. The number of methoxy groups -OCH3 is 1. The third-order valence-corrected chi connectivity index (χ3v) is 6.26. The standard InChI is InChI=1S/C33H27N3O5/c1-39-33(38)27-17-13-24(14-18-27)21-40-29-9-3-2-6-28(29)20-35-36-32(37)26-15-11-23(12-16-26)22-41-30-10-4-7-25-8-5-19-34-31(25)30/h2-20H,21-22H2,1H3,(H,36,37)/b35-20+. The van der Waals surface area contributed by atoms with Crippen molar-refractivity contribution >= 4 is 29.0 Å². The summed E-state index contributed by atoms with van der Waals surface area (Å²) in [5.41, 5.74) is 6.83. The van der Waals surface area contributed by atoms with Crippen molar-refractivity contribution in [1.29, 1.82) is 0 Å². The van der Waals surface area contributed by atoms with Gasteiger partial charge < -0.3 is 14.2 Å². The van der Waals surface area contributed by atoms with E-state index in [1.165, 1.54) is 13.3 Å². The van der Waals surface area contributed by atoms with Crippen LogP contribution in [0.3, 0.4) is 0 Å². The number of para-hydroxylation sites is 2. The Bertz CT molecular complexity index is 1680. The first kappa shape index (κ1) is 27.1. The van der Waals surface area contributed by atoms with E-state index >= 15 is 0 Å². The Hall–Kier alpha value is -5.50. The predicted octanol–water partition coefficient (Wildman–Crippen LogP) is 5.94. The largest absolute Gasteiger partial charge is 0.488 e. The van der Waals surface area contributed by atoms with Crippen LogP contribution >= 0.6 is 0 Å². The Labute approximate surface area is 237 Å². The fourth-order valence-corrected chi connectivity index (χ4v) is 4.07. The van der Waals surface area contributed by atoms with Gasteiger partial charge in [0.25, 0.3) is 5.91 Å². The molecule has 0 bridgehead atoms. The molecule has 0 atom stereocenters. The second-order valence-electron chi connectivity index (χ2n) is 9.03. The number of carbonyl (C=O) groups excluding carboxylic acids is 2. The fraction of sp³-hybridized carbons (Fsp3) is 0.0909. The maximum Gasteiger partial charge on any atom is 0.337 e. The van der Waals surface area contributed by atoms with Crippen molar-refractivity contribution in [2.24, 2.45) is 5.10 Å². The van der Waals surface area contributed by atoms with Crippen LogP contribution in [-0.2, 0) is 18.0 Å². The molecule has 0 spiro atoms. The van der Waals surface area contributed by atoms with Gasteiger partial charge in [0.05, 0.1) is 18.9 Å². The summed E-state index contributed by atoms with van der Waals surface area (Å²) in [6, 6.07) is 31.2. The Kier molecular flexibility index (Phi) is 8.61. The number of ether oxygens (including phenoxy) is 3. The molecule has 4 aromatic carbocycles. The second-order valence-corrected chi connectivity index (χ2v) is 9.03. The smallest absolute Gasteiger partial charge is 0.337 e. The molecule has 0 aliphatic heterocycles. The number of nitrogens with zero attached hydrogens (tertiary/aromatic N) is 2. The molecule has 204 valence electrons. The van der Waals surface area contributed by atoms with Gasteiger partial charge in [-0.05, 0) is 59.7 Å². The van der Waals surface area contributed by atoms with Gasteiger partial charge in [-0.15, -0.1) is 0 Å². The Morgan fingerprint density at radius 3 is 2.12 bits per heavy atom. The van der Waals surface area contributed by atoms with Gasteiger partial charge in [0, 0.05) is 22.7 Å². The number of rotatable bonds is 10. The van der Waals surface area contributed by atoms with Crippen LogP contribution in [0.4, 0.5) is 0 Å². The average Bonchev–Trinajstić information content (AvgIpc) is 3.03. The number of hydrogen-bond acceptors (Lipinski definition) is 7. The van der Waals surface area contributed by atoms with Gasteiger partial charge in [-0.2, -0.15) is 5.10 Å². The summed E-state index contributed by atoms with van der Waals surface area (Å²) in [6.45, 7) is 0.647. The minimum atomic E-state index is -0.388. The maximum atomic E-state index is 12.6. The van der Waals surface area contributed by atoms with Crippen molar-refractivity contribution < 1.29 is 23.8 Å². The zero-order valence-electron chi connectivity index (χ0n) is 22.3. The second kappa shape index (κ2) is 13.0. The van der Waals surface area contributed by atoms with Crippen molar-refractivity contribution in [1.82, 2.24) is 10.4 Å². The van der Waals surface area contributed by atoms with E-state index in [0.717, 1.165) is 22.0 Å². The van der Waals surface area contributed by atoms with Crippen molar-refractivity contribution in [2.75, 3.05) is 7.11 Å². The van der Waals surface area contributed by atoms with E-state index in [-0.39, 0.29) is 11.9 Å². The van der Waals surface area contributed by atoms with E-state index in [9.17, 15) is 9.59 Å². The lowest BCUT2D eigenvalue weighted by molar-refractivity contribution is 0.0600. The van der Waals surface area contributed by atoms with Crippen LogP contribution in [0.1, 0.15) is 37.4 Å². The molecule has 5 aromatic rings. The number of pyridine rings is 1. The van der Waals surface area contributed by atoms with E-state index in [1.807, 2.05) is 66.7 Å². The minimum absolute atomic E-state index is 0.297. The van der Waals surface area contributed by atoms with Gasteiger partial charge in [0.15, 0.2) is 0 Å². The number of hydrazone groups is 1. The molecule has 1 heterocycles. The first-order chi connectivity index (χ1) is 20.1. The predicted molar refractivity (Wildman–Crippen MR) is 156 cm³/mol. The molecule has 0 unspecified atom stereocenters. The first-order valence-corrected chi connectivity index (χ1v) is 12.9. The van der Waals surface area contributed by atoms with Crippen molar-refractivity contribution in [3.63, 3.8) is 0 Å². The number of hydrogen-bond donors (Lipinski definition) is 1. The number of nitrogens with one attached hydrogen (secondary N) is 1. The van der Waals surface area contributed by atoms with Crippen LogP contribution in [0.15, 0.2) is 114 Å². The highest BCUT2D eigenvalue weighted by atomic mass is 16.5. The van der Waals surface area contributed by atoms with E-state index in [2.05, 4.69) is 15.5 Å². The molecule has 0 radical (unpaired) electrons. The van der Waals surface area contributed by atoms with Gasteiger partial charge in [-0.25, -0.2) is 10.2 Å². The summed E-state index contributed by atoms with van der Waals surface area (Å²) in [7, 11) is 1.35. The van der Waals surface area contributed by atoms with Crippen molar-refractivity contribution in [2.45, 2.75) is 13.2 Å². The third kappa shape index (κ3) is 6.93. The molecule has 0 aliphatic carbocycles. The molecule has 1 aromatic heterocycles. The van der Waals surface area contributed by atoms with Crippen LogP contribution in [0.25, 0.3) is 10.9 Å². The van der Waals surface area contributed by atoms with Crippen LogP contribution in [0, 0.1) is 0 Å².